The molecule has 1 aliphatic heterocycles. The van der Waals surface area contributed by atoms with E-state index in [1.165, 1.54) is 18.9 Å². The highest BCUT2D eigenvalue weighted by molar-refractivity contribution is 5.98. The van der Waals surface area contributed by atoms with Gasteiger partial charge >= 0.3 is 0 Å². The number of carbonyl (C=O) groups excluding carboxylic acids is 4. The van der Waals surface area contributed by atoms with Gasteiger partial charge in [0, 0.05) is 43.2 Å². The Hall–Kier alpha value is -6.23. The van der Waals surface area contributed by atoms with Crippen LogP contribution >= 0.6 is 0 Å². The number of nitrogens with one attached hydrogen (secondary N) is 3. The maximum atomic E-state index is 14.1. The second kappa shape index (κ2) is 18.0. The minimum absolute atomic E-state index is 0.175. The van der Waals surface area contributed by atoms with Crippen LogP contribution in [0.3, 0.4) is 0 Å². The number of carbonyl (C=O) groups is 4. The normalized spacial score (nSPS) is 16.9. The first kappa shape index (κ1) is 39.0. The number of ether oxygens (including phenoxy) is 2. The van der Waals surface area contributed by atoms with Gasteiger partial charge in [0.15, 0.2) is 0 Å². The van der Waals surface area contributed by atoms with Gasteiger partial charge in [-0.2, -0.15) is 5.26 Å². The first-order valence-electron chi connectivity index (χ1n) is 17.7. The monoisotopic (exact) mass is 731 g/mol. The van der Waals surface area contributed by atoms with Gasteiger partial charge in [0.2, 0.25) is 17.7 Å². The van der Waals surface area contributed by atoms with Gasteiger partial charge < -0.3 is 41.8 Å². The first-order valence-corrected chi connectivity index (χ1v) is 17.7. The lowest BCUT2D eigenvalue weighted by molar-refractivity contribution is -0.139. The van der Waals surface area contributed by atoms with Crippen LogP contribution in [0.15, 0.2) is 84.9 Å². The van der Waals surface area contributed by atoms with Crippen molar-refractivity contribution >= 4 is 23.6 Å². The molecule has 7 N–H and O–H groups in total. The molecule has 5 rings (SSSR count). The van der Waals surface area contributed by atoms with E-state index in [0.717, 1.165) is 22.3 Å². The standard InChI is InChI=1S/C41H45N7O6/c1-25-4-7-28(8-5-25)29-9-11-30(12-10-29)40(51)45-24-37(49)48(3)38-31-13-15-36(54-19-17-43)34(22-31)33-21-27(6-14-35(33)53-18-16-42)20-32(23-44)47-39(50)26(2)46-41(38)52/h4-15,21-22,26,32,38H,16-20,24,42-43H2,1-3H3,(H,45,51)(H,46,52)(H,47,50)/t26-,32?,38?/m0/s1. The zero-order chi connectivity index (χ0) is 38.8. The van der Waals surface area contributed by atoms with E-state index in [1.807, 2.05) is 49.4 Å². The molecule has 4 bridgehead atoms. The van der Waals surface area contributed by atoms with Crippen LogP contribution in [0.1, 0.15) is 40.0 Å². The maximum Gasteiger partial charge on any atom is 0.251 e. The molecule has 13 heteroatoms. The number of benzene rings is 4. The number of nitrogens with two attached hydrogens (primary N) is 2. The van der Waals surface area contributed by atoms with Crippen molar-refractivity contribution in [3.8, 4) is 39.8 Å². The van der Waals surface area contributed by atoms with Crippen LogP contribution in [0, 0.1) is 18.3 Å². The fourth-order valence-corrected chi connectivity index (χ4v) is 6.09. The number of amides is 4. The predicted octanol–water partition coefficient (Wildman–Crippen LogP) is 3.00. The molecule has 2 unspecified atom stereocenters. The van der Waals surface area contributed by atoms with Crippen LogP contribution < -0.4 is 36.9 Å². The van der Waals surface area contributed by atoms with Gasteiger partial charge in [-0.1, -0.05) is 54.1 Å². The molecule has 0 spiro atoms. The highest BCUT2D eigenvalue weighted by atomic mass is 16.5. The molecule has 4 amide bonds. The van der Waals surface area contributed by atoms with E-state index in [2.05, 4.69) is 22.0 Å². The Morgan fingerprint density at radius 3 is 2.06 bits per heavy atom. The Morgan fingerprint density at radius 2 is 1.44 bits per heavy atom. The molecule has 0 fully saturated rings. The summed E-state index contributed by atoms with van der Waals surface area (Å²) in [7, 11) is 1.45. The molecule has 1 heterocycles. The Bertz CT molecular complexity index is 2030. The number of hydrogen-bond donors (Lipinski definition) is 5. The largest absolute Gasteiger partial charge is 0.492 e. The Balaban J connectivity index is 1.48. The van der Waals surface area contributed by atoms with E-state index in [9.17, 15) is 24.4 Å². The lowest BCUT2D eigenvalue weighted by atomic mass is 9.94. The molecule has 0 saturated carbocycles. The molecule has 3 atom stereocenters. The quantitative estimate of drug-likeness (QED) is 0.154. The van der Waals surface area contributed by atoms with Gasteiger partial charge in [0.1, 0.15) is 42.8 Å². The fourth-order valence-electron chi connectivity index (χ4n) is 6.09. The van der Waals surface area contributed by atoms with Crippen LogP contribution in [0.2, 0.25) is 0 Å². The molecule has 0 radical (unpaired) electrons. The Labute approximate surface area is 314 Å². The molecule has 1 aliphatic rings. The summed E-state index contributed by atoms with van der Waals surface area (Å²) in [6, 6.07) is 24.4. The van der Waals surface area contributed by atoms with Gasteiger partial charge in [-0.15, -0.1) is 0 Å². The number of nitrogens with zero attached hydrogens (tertiary/aromatic N) is 2. The van der Waals surface area contributed by atoms with E-state index in [-0.39, 0.29) is 32.7 Å². The number of nitriles is 1. The van der Waals surface area contributed by atoms with Crippen molar-refractivity contribution in [2.24, 2.45) is 11.5 Å². The maximum absolute atomic E-state index is 14.1. The minimum atomic E-state index is -1.26. The molecule has 54 heavy (non-hydrogen) atoms. The van der Waals surface area contributed by atoms with Gasteiger partial charge in [-0.25, -0.2) is 0 Å². The highest BCUT2D eigenvalue weighted by Crippen LogP contribution is 2.40. The number of fused-ring (bicyclic) bond motifs is 5. The second-order valence-electron chi connectivity index (χ2n) is 13.0. The molecule has 280 valence electrons. The van der Waals surface area contributed by atoms with Gasteiger partial charge in [0.25, 0.3) is 5.91 Å². The zero-order valence-corrected chi connectivity index (χ0v) is 30.6. The van der Waals surface area contributed by atoms with E-state index in [0.29, 0.717) is 33.8 Å². The van der Waals surface area contributed by atoms with E-state index < -0.39 is 48.3 Å². The molecular weight excluding hydrogens is 686 g/mol. The molecule has 4 aromatic rings. The summed E-state index contributed by atoms with van der Waals surface area (Å²) in [5.41, 5.74) is 17.2. The fraction of sp³-hybridized carbons (Fsp3) is 0.293. The lowest BCUT2D eigenvalue weighted by Crippen LogP contribution is -2.52. The highest BCUT2D eigenvalue weighted by Gasteiger charge is 2.32. The zero-order valence-electron chi connectivity index (χ0n) is 30.6. The summed E-state index contributed by atoms with van der Waals surface area (Å²) < 4.78 is 12.0. The molecule has 0 saturated heterocycles. The third-order valence-corrected chi connectivity index (χ3v) is 9.03. The molecular formula is C41H45N7O6. The van der Waals surface area contributed by atoms with E-state index >= 15 is 0 Å². The number of hydrogen-bond acceptors (Lipinski definition) is 9. The van der Waals surface area contributed by atoms with Crippen molar-refractivity contribution in [1.82, 2.24) is 20.9 Å². The van der Waals surface area contributed by atoms with E-state index in [1.54, 1.807) is 42.5 Å². The third kappa shape index (κ3) is 9.40. The predicted molar refractivity (Wildman–Crippen MR) is 204 cm³/mol. The summed E-state index contributed by atoms with van der Waals surface area (Å²) in [4.78, 5) is 55.4. The topological polar surface area (TPSA) is 202 Å². The summed E-state index contributed by atoms with van der Waals surface area (Å²) in [5, 5.41) is 18.0. The van der Waals surface area contributed by atoms with Crippen molar-refractivity contribution in [3.63, 3.8) is 0 Å². The van der Waals surface area contributed by atoms with Gasteiger partial charge in [-0.3, -0.25) is 19.2 Å². The lowest BCUT2D eigenvalue weighted by Gasteiger charge is -2.30. The summed E-state index contributed by atoms with van der Waals surface area (Å²) in [6.07, 6.45) is 0.175. The number of likely N-dealkylation sites (N-methyl/N-ethyl adjacent to an activating group) is 1. The average Bonchev–Trinajstić information content (AvgIpc) is 3.18. The third-order valence-electron chi connectivity index (χ3n) is 9.03. The van der Waals surface area contributed by atoms with Crippen molar-refractivity contribution < 1.29 is 28.7 Å². The summed E-state index contributed by atoms with van der Waals surface area (Å²) in [5.74, 6) is -1.35. The summed E-state index contributed by atoms with van der Waals surface area (Å²) >= 11 is 0. The van der Waals surface area contributed by atoms with Crippen LogP contribution in [-0.4, -0.2) is 80.5 Å². The van der Waals surface area contributed by atoms with E-state index in [4.69, 9.17) is 20.9 Å². The van der Waals surface area contributed by atoms with Crippen molar-refractivity contribution in [2.45, 2.75) is 38.4 Å². The second-order valence-corrected chi connectivity index (χ2v) is 13.0. The molecule has 0 aliphatic carbocycles. The molecule has 0 aromatic heterocycles. The SMILES string of the molecule is Cc1ccc(-c2ccc(C(=O)NCC(=O)N(C)C3C(=O)N[C@@H](C)C(=O)NC(C#N)Cc4ccc(OCCN)c(c4)-c4cc3ccc4OCCN)cc2)cc1. The van der Waals surface area contributed by atoms with Crippen LogP contribution in [-0.2, 0) is 20.8 Å². The van der Waals surface area contributed by atoms with Crippen LogP contribution in [0.5, 0.6) is 11.5 Å². The molecule has 13 nitrogen and oxygen atoms in total. The Kier molecular flexibility index (Phi) is 13.0. The smallest absolute Gasteiger partial charge is 0.251 e. The van der Waals surface area contributed by atoms with Gasteiger partial charge in [-0.05, 0) is 72.5 Å². The van der Waals surface area contributed by atoms with Crippen molar-refractivity contribution in [1.29, 1.82) is 5.26 Å². The minimum Gasteiger partial charge on any atom is -0.492 e. The average molecular weight is 732 g/mol. The first-order chi connectivity index (χ1) is 26.0. The Morgan fingerprint density at radius 1 is 0.852 bits per heavy atom. The van der Waals surface area contributed by atoms with Crippen molar-refractivity contribution in [2.75, 3.05) is 39.9 Å². The number of aryl methyl sites for hydroxylation is 1. The van der Waals surface area contributed by atoms with Crippen LogP contribution in [0.25, 0.3) is 22.3 Å². The summed E-state index contributed by atoms with van der Waals surface area (Å²) in [6.45, 7) is 3.99. The number of rotatable bonds is 11. The molecule has 4 aromatic carbocycles. The van der Waals surface area contributed by atoms with Gasteiger partial charge in [0.05, 0.1) is 12.6 Å². The van der Waals surface area contributed by atoms with Crippen LogP contribution in [0.4, 0.5) is 0 Å². The van der Waals surface area contributed by atoms with Crippen molar-refractivity contribution in [3.05, 3.63) is 107 Å².